The van der Waals surface area contributed by atoms with Crippen LogP contribution in [-0.4, -0.2) is 20.9 Å². The van der Waals surface area contributed by atoms with Crippen LogP contribution in [0, 0.1) is 0 Å². The summed E-state index contributed by atoms with van der Waals surface area (Å²) < 4.78 is 0. The number of aromatic nitrogens is 3. The minimum atomic E-state index is -0.349. The summed E-state index contributed by atoms with van der Waals surface area (Å²) in [4.78, 5) is 32.8. The number of carbonyl (C=O) groups is 1. The molecular formula is C11H10N4O2. The Morgan fingerprint density at radius 3 is 2.94 bits per heavy atom. The minimum absolute atomic E-state index is 0.202. The number of anilines is 1. The van der Waals surface area contributed by atoms with Gasteiger partial charge in [0, 0.05) is 24.9 Å². The van der Waals surface area contributed by atoms with Gasteiger partial charge in [-0.2, -0.15) is 0 Å². The van der Waals surface area contributed by atoms with E-state index in [1.165, 1.54) is 19.4 Å². The number of H-pyrrole nitrogens is 1. The van der Waals surface area contributed by atoms with Crippen molar-refractivity contribution < 1.29 is 4.79 Å². The molecule has 0 spiro atoms. The summed E-state index contributed by atoms with van der Waals surface area (Å²) in [7, 11) is 0. The summed E-state index contributed by atoms with van der Waals surface area (Å²) in [6, 6.07) is 3.29. The van der Waals surface area contributed by atoms with E-state index >= 15 is 0 Å². The highest BCUT2D eigenvalue weighted by Crippen LogP contribution is 2.15. The number of rotatable bonds is 2. The van der Waals surface area contributed by atoms with E-state index in [0.717, 1.165) is 0 Å². The Hall–Kier alpha value is -2.50. The van der Waals surface area contributed by atoms with Crippen LogP contribution in [0.1, 0.15) is 6.92 Å². The molecule has 0 unspecified atom stereocenters. The van der Waals surface area contributed by atoms with Gasteiger partial charge in [-0.25, -0.2) is 9.97 Å². The van der Waals surface area contributed by atoms with E-state index in [-0.39, 0.29) is 17.2 Å². The van der Waals surface area contributed by atoms with Crippen LogP contribution in [0.3, 0.4) is 0 Å². The van der Waals surface area contributed by atoms with Crippen LogP contribution in [0.2, 0.25) is 0 Å². The van der Waals surface area contributed by atoms with Gasteiger partial charge >= 0.3 is 0 Å². The first-order valence-corrected chi connectivity index (χ1v) is 4.93. The molecule has 2 N–H and O–H groups in total. The topological polar surface area (TPSA) is 87.7 Å². The molecule has 2 aromatic heterocycles. The molecule has 0 saturated carbocycles. The number of aromatic amines is 1. The van der Waals surface area contributed by atoms with Crippen molar-refractivity contribution in [1.82, 2.24) is 15.0 Å². The maximum Gasteiger partial charge on any atom is 0.271 e. The Morgan fingerprint density at radius 1 is 1.47 bits per heavy atom. The molecule has 0 saturated heterocycles. The summed E-state index contributed by atoms with van der Waals surface area (Å²) in [5.74, 6) is -0.296. The molecule has 6 heteroatoms. The quantitative estimate of drug-likeness (QED) is 0.798. The van der Waals surface area contributed by atoms with Crippen LogP contribution in [0.25, 0.3) is 11.3 Å². The van der Waals surface area contributed by atoms with E-state index in [2.05, 4.69) is 20.3 Å². The Kier molecular flexibility index (Phi) is 2.95. The van der Waals surface area contributed by atoms with Gasteiger partial charge in [0.25, 0.3) is 5.56 Å². The summed E-state index contributed by atoms with van der Waals surface area (Å²) in [6.07, 6.45) is 4.56. The lowest BCUT2D eigenvalue weighted by molar-refractivity contribution is -0.114. The molecule has 0 atom stereocenters. The Bertz CT molecular complexity index is 592. The van der Waals surface area contributed by atoms with E-state index in [1.807, 2.05) is 0 Å². The van der Waals surface area contributed by atoms with E-state index in [9.17, 15) is 9.59 Å². The molecule has 2 rings (SSSR count). The van der Waals surface area contributed by atoms with Gasteiger partial charge in [-0.05, 0) is 12.1 Å². The highest BCUT2D eigenvalue weighted by atomic mass is 16.2. The van der Waals surface area contributed by atoms with Crippen LogP contribution in [-0.2, 0) is 4.79 Å². The highest BCUT2D eigenvalue weighted by Gasteiger charge is 2.05. The number of nitrogens with one attached hydrogen (secondary N) is 2. The van der Waals surface area contributed by atoms with E-state index in [0.29, 0.717) is 11.3 Å². The van der Waals surface area contributed by atoms with E-state index in [4.69, 9.17) is 0 Å². The van der Waals surface area contributed by atoms with Crippen molar-refractivity contribution >= 4 is 11.6 Å². The second-order valence-electron chi connectivity index (χ2n) is 3.41. The molecular weight excluding hydrogens is 220 g/mol. The minimum Gasteiger partial charge on any atom is -0.327 e. The average Bonchev–Trinajstić information content (AvgIpc) is 2.32. The molecule has 0 aliphatic heterocycles. The van der Waals surface area contributed by atoms with Crippen molar-refractivity contribution in [2.75, 3.05) is 5.32 Å². The smallest absolute Gasteiger partial charge is 0.271 e. The number of pyridine rings is 1. The average molecular weight is 230 g/mol. The first-order valence-electron chi connectivity index (χ1n) is 4.93. The largest absolute Gasteiger partial charge is 0.327 e. The number of hydrogen-bond donors (Lipinski definition) is 2. The molecule has 17 heavy (non-hydrogen) atoms. The van der Waals surface area contributed by atoms with Crippen molar-refractivity contribution in [3.8, 4) is 11.3 Å². The van der Waals surface area contributed by atoms with Crippen LogP contribution in [0.4, 0.5) is 5.69 Å². The summed E-state index contributed by atoms with van der Waals surface area (Å²) in [5, 5.41) is 2.46. The lowest BCUT2D eigenvalue weighted by Crippen LogP contribution is -2.17. The molecule has 2 heterocycles. The van der Waals surface area contributed by atoms with Crippen LogP contribution >= 0.6 is 0 Å². The van der Waals surface area contributed by atoms with Crippen molar-refractivity contribution in [3.63, 3.8) is 0 Å². The molecule has 6 nitrogen and oxygen atoms in total. The third-order valence-electron chi connectivity index (χ3n) is 2.09. The first-order chi connectivity index (χ1) is 8.16. The third-order valence-corrected chi connectivity index (χ3v) is 2.09. The van der Waals surface area contributed by atoms with Gasteiger partial charge in [0.1, 0.15) is 12.0 Å². The number of carbonyl (C=O) groups excluding carboxylic acids is 1. The van der Waals surface area contributed by atoms with Gasteiger partial charge in [0.15, 0.2) is 0 Å². The highest BCUT2D eigenvalue weighted by molar-refractivity contribution is 5.89. The normalized spacial score (nSPS) is 9.94. The van der Waals surface area contributed by atoms with Crippen LogP contribution in [0.5, 0.6) is 0 Å². The molecule has 2 aromatic rings. The molecule has 0 aliphatic carbocycles. The molecule has 86 valence electrons. The van der Waals surface area contributed by atoms with Gasteiger partial charge in [0.2, 0.25) is 5.91 Å². The van der Waals surface area contributed by atoms with Gasteiger partial charge < -0.3 is 10.3 Å². The zero-order valence-corrected chi connectivity index (χ0v) is 9.10. The predicted octanol–water partition coefficient (Wildman–Crippen LogP) is 0.790. The molecule has 0 aliphatic rings. The molecule has 0 aromatic carbocycles. The van der Waals surface area contributed by atoms with Gasteiger partial charge in [-0.15, -0.1) is 0 Å². The summed E-state index contributed by atoms with van der Waals surface area (Å²) >= 11 is 0. The zero-order valence-electron chi connectivity index (χ0n) is 9.10. The first kappa shape index (κ1) is 11.0. The number of hydrogen-bond acceptors (Lipinski definition) is 4. The van der Waals surface area contributed by atoms with Gasteiger partial charge in [-0.3, -0.25) is 9.59 Å². The molecule has 0 fully saturated rings. The Balaban J connectivity index is 2.44. The third kappa shape index (κ3) is 2.54. The van der Waals surface area contributed by atoms with Gasteiger partial charge in [0.05, 0.1) is 5.69 Å². The fraction of sp³-hybridized carbons (Fsp3) is 0.0909. The maximum absolute atomic E-state index is 11.4. The number of nitrogens with zero attached hydrogens (tertiary/aromatic N) is 2. The van der Waals surface area contributed by atoms with Crippen LogP contribution < -0.4 is 10.9 Å². The van der Waals surface area contributed by atoms with Crippen LogP contribution in [0.15, 0.2) is 35.6 Å². The molecule has 0 bridgehead atoms. The SMILES string of the molecule is CC(=O)Nc1cc(-c2ccncn2)c[nH]c1=O. The van der Waals surface area contributed by atoms with Crippen molar-refractivity contribution in [1.29, 1.82) is 0 Å². The van der Waals surface area contributed by atoms with E-state index < -0.39 is 0 Å². The standard InChI is InChI=1S/C11H10N4O2/c1-7(16)15-10-4-8(5-13-11(10)17)9-2-3-12-6-14-9/h2-6H,1H3,(H,13,17)(H,15,16). The van der Waals surface area contributed by atoms with Crippen molar-refractivity contribution in [2.24, 2.45) is 0 Å². The maximum atomic E-state index is 11.4. The molecule has 1 amide bonds. The summed E-state index contributed by atoms with van der Waals surface area (Å²) in [5.41, 5.74) is 1.23. The fourth-order valence-electron chi connectivity index (χ4n) is 1.38. The Labute approximate surface area is 96.8 Å². The monoisotopic (exact) mass is 230 g/mol. The summed E-state index contributed by atoms with van der Waals surface area (Å²) in [6.45, 7) is 1.34. The Morgan fingerprint density at radius 2 is 2.29 bits per heavy atom. The second-order valence-corrected chi connectivity index (χ2v) is 3.41. The van der Waals surface area contributed by atoms with Crippen molar-refractivity contribution in [2.45, 2.75) is 6.92 Å². The lowest BCUT2D eigenvalue weighted by atomic mass is 10.2. The predicted molar refractivity (Wildman–Crippen MR) is 62.4 cm³/mol. The lowest BCUT2D eigenvalue weighted by Gasteiger charge is -2.04. The van der Waals surface area contributed by atoms with Gasteiger partial charge in [-0.1, -0.05) is 0 Å². The fourth-order valence-corrected chi connectivity index (χ4v) is 1.38. The molecule has 0 radical (unpaired) electrons. The zero-order chi connectivity index (χ0) is 12.3. The number of amides is 1. The second kappa shape index (κ2) is 4.56. The van der Waals surface area contributed by atoms with E-state index in [1.54, 1.807) is 18.3 Å². The van der Waals surface area contributed by atoms with Crippen molar-refractivity contribution in [3.05, 3.63) is 41.2 Å².